The van der Waals surface area contributed by atoms with E-state index in [1.54, 1.807) is 22.5 Å². The minimum Gasteiger partial charge on any atom is -0.465 e. The van der Waals surface area contributed by atoms with Crippen molar-refractivity contribution in [3.8, 4) is 0 Å². The van der Waals surface area contributed by atoms with Crippen LogP contribution in [-0.4, -0.2) is 29.8 Å². The Balaban J connectivity index is 1.81. The van der Waals surface area contributed by atoms with E-state index in [0.717, 1.165) is 11.1 Å². The van der Waals surface area contributed by atoms with Crippen molar-refractivity contribution in [2.75, 3.05) is 12.4 Å². The van der Waals surface area contributed by atoms with Gasteiger partial charge in [-0.05, 0) is 28.6 Å². The number of carbonyl (C=O) groups excluding carboxylic acids is 3. The van der Waals surface area contributed by atoms with Gasteiger partial charge >= 0.3 is 5.97 Å². The van der Waals surface area contributed by atoms with E-state index in [1.807, 2.05) is 30.3 Å². The van der Waals surface area contributed by atoms with Crippen molar-refractivity contribution in [3.63, 3.8) is 0 Å². The van der Waals surface area contributed by atoms with Crippen LogP contribution in [0, 0.1) is 0 Å². The molecule has 0 aliphatic carbocycles. The number of fused-ring (bicyclic) bond motifs is 1. The maximum atomic E-state index is 12.6. The van der Waals surface area contributed by atoms with E-state index >= 15 is 0 Å². The summed E-state index contributed by atoms with van der Waals surface area (Å²) < 4.78 is 4.72. The number of nitrogens with zero attached hydrogens (tertiary/aromatic N) is 1. The van der Waals surface area contributed by atoms with Crippen LogP contribution in [0.4, 0.5) is 5.69 Å². The largest absolute Gasteiger partial charge is 0.465 e. The van der Waals surface area contributed by atoms with Gasteiger partial charge in [0, 0.05) is 13.1 Å². The molecule has 6 nitrogen and oxygen atoms in total. The summed E-state index contributed by atoms with van der Waals surface area (Å²) in [5, 5.41) is 4.46. The van der Waals surface area contributed by atoms with Crippen molar-refractivity contribution in [2.24, 2.45) is 0 Å². The van der Waals surface area contributed by atoms with Crippen LogP contribution < -0.4 is 5.32 Å². The van der Waals surface area contributed by atoms with E-state index in [9.17, 15) is 14.4 Å². The van der Waals surface area contributed by atoms with Gasteiger partial charge in [0.25, 0.3) is 0 Å². The maximum Gasteiger partial charge on any atom is 0.350 e. The van der Waals surface area contributed by atoms with Crippen molar-refractivity contribution in [1.29, 1.82) is 0 Å². The van der Waals surface area contributed by atoms with Crippen molar-refractivity contribution in [3.05, 3.63) is 57.9 Å². The van der Waals surface area contributed by atoms with Gasteiger partial charge in [-0.25, -0.2) is 4.79 Å². The number of thiophene rings is 1. The number of rotatable bonds is 4. The minimum absolute atomic E-state index is 0.0807. The normalized spacial score (nSPS) is 15.3. The quantitative estimate of drug-likeness (QED) is 0.837. The topological polar surface area (TPSA) is 75.7 Å². The van der Waals surface area contributed by atoms with Crippen LogP contribution in [-0.2, 0) is 14.3 Å². The summed E-state index contributed by atoms with van der Waals surface area (Å²) in [4.78, 5) is 38.2. The highest BCUT2D eigenvalue weighted by atomic mass is 32.1. The smallest absolute Gasteiger partial charge is 0.350 e. The lowest BCUT2D eigenvalue weighted by molar-refractivity contribution is -0.129. The summed E-state index contributed by atoms with van der Waals surface area (Å²) in [5.41, 5.74) is 2.31. The lowest BCUT2D eigenvalue weighted by atomic mass is 9.93. The molecule has 1 atom stereocenters. The van der Waals surface area contributed by atoms with Gasteiger partial charge in [-0.3, -0.25) is 9.59 Å². The third-order valence-corrected chi connectivity index (χ3v) is 5.05. The van der Waals surface area contributed by atoms with Crippen molar-refractivity contribution in [2.45, 2.75) is 19.4 Å². The molecule has 26 heavy (non-hydrogen) atoms. The zero-order valence-electron chi connectivity index (χ0n) is 14.4. The molecule has 0 bridgehead atoms. The van der Waals surface area contributed by atoms with Gasteiger partial charge in [0.05, 0.1) is 25.3 Å². The number of anilines is 1. The van der Waals surface area contributed by atoms with Crippen molar-refractivity contribution >= 4 is 40.9 Å². The van der Waals surface area contributed by atoms with Crippen LogP contribution in [0.25, 0.3) is 6.08 Å². The summed E-state index contributed by atoms with van der Waals surface area (Å²) in [6.45, 7) is 1.47. The molecular weight excluding hydrogens is 352 g/mol. The fourth-order valence-corrected chi connectivity index (χ4v) is 3.71. The second kappa shape index (κ2) is 7.53. The minimum atomic E-state index is -0.494. The van der Waals surface area contributed by atoms with Gasteiger partial charge < -0.3 is 15.0 Å². The zero-order valence-corrected chi connectivity index (χ0v) is 15.2. The Morgan fingerprint density at radius 3 is 2.73 bits per heavy atom. The van der Waals surface area contributed by atoms with Crippen LogP contribution in [0.2, 0.25) is 0 Å². The molecule has 0 saturated carbocycles. The van der Waals surface area contributed by atoms with Crippen LogP contribution >= 0.6 is 11.3 Å². The summed E-state index contributed by atoms with van der Waals surface area (Å²) in [6, 6.07) is 8.92. The molecule has 7 heteroatoms. The first kappa shape index (κ1) is 17.9. The molecule has 0 spiro atoms. The van der Waals surface area contributed by atoms with Gasteiger partial charge in [-0.1, -0.05) is 24.3 Å². The van der Waals surface area contributed by atoms with Gasteiger partial charge in [0.15, 0.2) is 0 Å². The molecule has 0 radical (unpaired) electrons. The molecule has 1 aliphatic rings. The summed E-state index contributed by atoms with van der Waals surface area (Å²) >= 11 is 1.20. The Hall–Kier alpha value is -2.93. The molecule has 1 aliphatic heterocycles. The first-order chi connectivity index (χ1) is 12.5. The Kier molecular flexibility index (Phi) is 5.18. The molecule has 2 heterocycles. The predicted molar refractivity (Wildman–Crippen MR) is 99.6 cm³/mol. The van der Waals surface area contributed by atoms with E-state index in [4.69, 9.17) is 4.74 Å². The first-order valence-electron chi connectivity index (χ1n) is 8.03. The molecule has 0 saturated heterocycles. The van der Waals surface area contributed by atoms with E-state index in [0.29, 0.717) is 10.6 Å². The number of hydrogen-bond acceptors (Lipinski definition) is 5. The zero-order chi connectivity index (χ0) is 18.7. The highest BCUT2D eigenvalue weighted by molar-refractivity contribution is 7.12. The maximum absolute atomic E-state index is 12.6. The molecule has 3 rings (SSSR count). The van der Waals surface area contributed by atoms with E-state index in [-0.39, 0.29) is 18.2 Å². The fraction of sp³-hybridized carbons (Fsp3) is 0.211. The van der Waals surface area contributed by atoms with Gasteiger partial charge in [0.2, 0.25) is 11.8 Å². The van der Waals surface area contributed by atoms with E-state index < -0.39 is 12.0 Å². The van der Waals surface area contributed by atoms with Gasteiger partial charge in [0.1, 0.15) is 4.88 Å². The molecule has 1 aromatic carbocycles. The van der Waals surface area contributed by atoms with Gasteiger partial charge in [-0.15, -0.1) is 11.3 Å². The van der Waals surface area contributed by atoms with Gasteiger partial charge in [-0.2, -0.15) is 0 Å². The molecule has 2 amide bonds. The number of hydrogen-bond donors (Lipinski definition) is 1. The molecule has 1 aromatic heterocycles. The number of nitrogens with one attached hydrogen (secondary N) is 1. The molecular formula is C19H18N2O4S. The third-order valence-electron chi connectivity index (χ3n) is 4.16. The number of benzene rings is 1. The SMILES string of the molecule is COC(=O)c1sccc1NC(=O)CC1c2ccccc2C=CN1C(C)=O. The second-order valence-corrected chi connectivity index (χ2v) is 6.71. The average molecular weight is 370 g/mol. The molecule has 1 unspecified atom stereocenters. The third kappa shape index (κ3) is 3.52. The number of amides is 2. The van der Waals surface area contributed by atoms with Crippen LogP contribution in [0.1, 0.15) is 40.2 Å². The monoisotopic (exact) mass is 370 g/mol. The fourth-order valence-electron chi connectivity index (χ4n) is 2.95. The number of ether oxygens (including phenoxy) is 1. The second-order valence-electron chi connectivity index (χ2n) is 5.79. The Bertz CT molecular complexity index is 887. The Labute approximate surface area is 155 Å². The van der Waals surface area contributed by atoms with E-state index in [1.165, 1.54) is 25.4 Å². The van der Waals surface area contributed by atoms with Crippen LogP contribution in [0.15, 0.2) is 41.9 Å². The molecule has 0 fully saturated rings. The molecule has 134 valence electrons. The number of esters is 1. The predicted octanol–water partition coefficient (Wildman–Crippen LogP) is 3.44. The summed E-state index contributed by atoms with van der Waals surface area (Å²) in [7, 11) is 1.30. The lowest BCUT2D eigenvalue weighted by Gasteiger charge is -2.32. The lowest BCUT2D eigenvalue weighted by Crippen LogP contribution is -2.33. The first-order valence-corrected chi connectivity index (χ1v) is 8.91. The molecule has 2 aromatic rings. The summed E-state index contributed by atoms with van der Waals surface area (Å²) in [5.74, 6) is -0.916. The van der Waals surface area contributed by atoms with Crippen molar-refractivity contribution < 1.29 is 19.1 Å². The molecule has 1 N–H and O–H groups in total. The van der Waals surface area contributed by atoms with E-state index in [2.05, 4.69) is 5.32 Å². The van der Waals surface area contributed by atoms with Crippen molar-refractivity contribution in [1.82, 2.24) is 4.90 Å². The Morgan fingerprint density at radius 2 is 2.00 bits per heavy atom. The number of methoxy groups -OCH3 is 1. The Morgan fingerprint density at radius 1 is 1.23 bits per heavy atom. The standard InChI is InChI=1S/C19H18N2O4S/c1-12(22)21-9-7-13-5-3-4-6-14(13)16(21)11-17(23)20-15-8-10-26-18(15)19(24)25-2/h3-10,16H,11H2,1-2H3,(H,20,23). The van der Waals surface area contributed by atoms with Crippen LogP contribution in [0.3, 0.4) is 0 Å². The number of carbonyl (C=O) groups is 3. The highest BCUT2D eigenvalue weighted by Gasteiger charge is 2.28. The summed E-state index contributed by atoms with van der Waals surface area (Å²) in [6.07, 6.45) is 3.64. The van der Waals surface area contributed by atoms with Crippen LogP contribution in [0.5, 0.6) is 0 Å². The average Bonchev–Trinajstić information content (AvgIpc) is 3.09. The highest BCUT2D eigenvalue weighted by Crippen LogP contribution is 2.33.